The number of benzene rings is 1. The van der Waals surface area contributed by atoms with Gasteiger partial charge in [0.2, 0.25) is 17.7 Å². The number of hydrogen-bond acceptors (Lipinski definition) is 8. The molecule has 0 aliphatic heterocycles. The van der Waals surface area contributed by atoms with E-state index >= 15 is 0 Å². The molecule has 3 amide bonds. The summed E-state index contributed by atoms with van der Waals surface area (Å²) in [5.74, 6) is -3.85. The van der Waals surface area contributed by atoms with Crippen molar-refractivity contribution < 1.29 is 34.5 Å². The van der Waals surface area contributed by atoms with E-state index in [2.05, 4.69) is 30.9 Å². The first-order valence-corrected chi connectivity index (χ1v) is 11.4. The summed E-state index contributed by atoms with van der Waals surface area (Å²) in [6.07, 6.45) is 4.43. The largest absolute Gasteiger partial charge is 0.480 e. The third-order valence-electron chi connectivity index (χ3n) is 5.67. The zero-order valence-corrected chi connectivity index (χ0v) is 19.7. The Morgan fingerprint density at radius 2 is 1.54 bits per heavy atom. The first-order valence-electron chi connectivity index (χ1n) is 11.4. The molecular formula is C23H29N7O7. The average Bonchev–Trinajstić information content (AvgIpc) is 3.55. The van der Waals surface area contributed by atoms with Crippen LogP contribution in [-0.2, 0) is 32.0 Å². The van der Waals surface area contributed by atoms with Gasteiger partial charge in [0.05, 0.1) is 19.5 Å². The summed E-state index contributed by atoms with van der Waals surface area (Å²) < 4.78 is 0. The molecule has 14 nitrogen and oxygen atoms in total. The molecule has 0 radical (unpaired) electrons. The average molecular weight is 516 g/mol. The normalized spacial score (nSPS) is 14.4. The number of H-pyrrole nitrogens is 2. The predicted molar refractivity (Wildman–Crippen MR) is 130 cm³/mol. The Morgan fingerprint density at radius 1 is 0.892 bits per heavy atom. The molecule has 10 N–H and O–H groups in total. The van der Waals surface area contributed by atoms with Crippen molar-refractivity contribution in [2.75, 3.05) is 13.2 Å². The second-order valence-electron chi connectivity index (χ2n) is 8.34. The summed E-state index contributed by atoms with van der Waals surface area (Å²) in [5.41, 5.74) is 7.60. The summed E-state index contributed by atoms with van der Waals surface area (Å²) in [6.45, 7) is -1.50. The number of aliphatic hydroxyl groups is 2. The van der Waals surface area contributed by atoms with Crippen LogP contribution in [0.4, 0.5) is 0 Å². The highest BCUT2D eigenvalue weighted by atomic mass is 16.4. The number of nitrogens with two attached hydrogens (primary N) is 1. The molecule has 14 heteroatoms. The Hall–Kier alpha value is -4.27. The smallest absolute Gasteiger partial charge is 0.328 e. The van der Waals surface area contributed by atoms with Crippen LogP contribution in [0.15, 0.2) is 43.0 Å². The van der Waals surface area contributed by atoms with Crippen LogP contribution >= 0.6 is 0 Å². The van der Waals surface area contributed by atoms with Gasteiger partial charge in [-0.3, -0.25) is 14.4 Å². The van der Waals surface area contributed by atoms with Crippen LogP contribution in [0.1, 0.15) is 11.3 Å². The number of aromatic amines is 2. The molecule has 0 fully saturated rings. The maximum Gasteiger partial charge on any atom is 0.328 e. The van der Waals surface area contributed by atoms with Crippen molar-refractivity contribution in [2.24, 2.45) is 5.73 Å². The Kier molecular flexibility index (Phi) is 9.32. The minimum absolute atomic E-state index is 0.0204. The van der Waals surface area contributed by atoms with Crippen molar-refractivity contribution in [2.45, 2.75) is 37.0 Å². The minimum Gasteiger partial charge on any atom is -0.480 e. The number of imidazole rings is 1. The topological polar surface area (TPSA) is 236 Å². The van der Waals surface area contributed by atoms with Crippen molar-refractivity contribution in [3.63, 3.8) is 0 Å². The Morgan fingerprint density at radius 3 is 2.16 bits per heavy atom. The minimum atomic E-state index is -1.59. The standard InChI is InChI=1S/C23H29N7O7/c24-15(9-31)20(33)28-17(5-12-7-26-16-4-2-1-3-14(12)16)21(34)29-18(6-13-8-25-11-27-13)22(35)30-19(10-32)23(36)37/h1-4,7-8,11,15,17-19,26,31-32H,5-6,9-10,24H2,(H,25,27)(H,28,33)(H,29,34)(H,30,35)(H,36,37). The lowest BCUT2D eigenvalue weighted by Crippen LogP contribution is -2.58. The predicted octanol–water partition coefficient (Wildman–Crippen LogP) is -2.47. The molecule has 0 spiro atoms. The summed E-state index contributed by atoms with van der Waals surface area (Å²) in [5, 5.41) is 35.7. The Balaban J connectivity index is 1.85. The molecule has 198 valence electrons. The van der Waals surface area contributed by atoms with Gasteiger partial charge >= 0.3 is 5.97 Å². The van der Waals surface area contributed by atoms with Crippen LogP contribution < -0.4 is 21.7 Å². The van der Waals surface area contributed by atoms with Gasteiger partial charge in [0.15, 0.2) is 0 Å². The van der Waals surface area contributed by atoms with Gasteiger partial charge < -0.3 is 47.0 Å². The zero-order valence-electron chi connectivity index (χ0n) is 19.7. The molecule has 2 aromatic heterocycles. The number of nitrogens with zero attached hydrogens (tertiary/aromatic N) is 1. The van der Waals surface area contributed by atoms with Crippen LogP contribution in [0, 0.1) is 0 Å². The molecule has 4 atom stereocenters. The van der Waals surface area contributed by atoms with Crippen LogP contribution in [0.2, 0.25) is 0 Å². The number of carboxylic acids is 1. The number of aliphatic hydroxyl groups excluding tert-OH is 2. The van der Waals surface area contributed by atoms with E-state index in [4.69, 9.17) is 5.73 Å². The fourth-order valence-electron chi connectivity index (χ4n) is 3.65. The van der Waals surface area contributed by atoms with Crippen LogP contribution in [0.3, 0.4) is 0 Å². The number of carbonyl (C=O) groups is 4. The van der Waals surface area contributed by atoms with Crippen molar-refractivity contribution in [3.8, 4) is 0 Å². The van der Waals surface area contributed by atoms with E-state index < -0.39 is 61.1 Å². The Labute approximate surface area is 210 Å². The number of carbonyl (C=O) groups excluding carboxylic acids is 3. The van der Waals surface area contributed by atoms with Gasteiger partial charge in [-0.25, -0.2) is 9.78 Å². The number of hydrogen-bond donors (Lipinski definition) is 9. The second kappa shape index (κ2) is 12.6. The number of aliphatic carboxylic acids is 1. The molecule has 4 unspecified atom stereocenters. The number of amides is 3. The van der Waals surface area contributed by atoms with Crippen LogP contribution in [0.5, 0.6) is 0 Å². The van der Waals surface area contributed by atoms with E-state index in [9.17, 15) is 34.5 Å². The monoisotopic (exact) mass is 515 g/mol. The second-order valence-corrected chi connectivity index (χ2v) is 8.34. The summed E-state index contributed by atoms with van der Waals surface area (Å²) >= 11 is 0. The fraction of sp³-hybridized carbons (Fsp3) is 0.348. The quantitative estimate of drug-likeness (QED) is 0.117. The van der Waals surface area contributed by atoms with Crippen molar-refractivity contribution in [1.29, 1.82) is 0 Å². The molecule has 0 saturated carbocycles. The lowest BCUT2D eigenvalue weighted by molar-refractivity contribution is -0.143. The van der Waals surface area contributed by atoms with Gasteiger partial charge in [0, 0.05) is 41.8 Å². The zero-order chi connectivity index (χ0) is 26.9. The lowest BCUT2D eigenvalue weighted by atomic mass is 10.0. The van der Waals surface area contributed by atoms with Crippen LogP contribution in [-0.4, -0.2) is 91.3 Å². The number of rotatable bonds is 13. The van der Waals surface area contributed by atoms with Crippen LogP contribution in [0.25, 0.3) is 10.9 Å². The summed E-state index contributed by atoms with van der Waals surface area (Å²) in [4.78, 5) is 59.7. The summed E-state index contributed by atoms with van der Waals surface area (Å²) in [6, 6.07) is 2.00. The molecule has 0 aliphatic carbocycles. The SMILES string of the molecule is NC(CO)C(=O)NC(Cc1c[nH]c2ccccc12)C(=O)NC(Cc1cnc[nH]1)C(=O)NC(CO)C(=O)O. The first-order chi connectivity index (χ1) is 17.7. The van der Waals surface area contributed by atoms with Gasteiger partial charge in [-0.2, -0.15) is 0 Å². The highest BCUT2D eigenvalue weighted by molar-refractivity contribution is 5.95. The Bertz CT molecular complexity index is 1230. The number of fused-ring (bicyclic) bond motifs is 1. The van der Waals surface area contributed by atoms with Crippen molar-refractivity contribution >= 4 is 34.6 Å². The van der Waals surface area contributed by atoms with Gasteiger partial charge in [0.25, 0.3) is 0 Å². The first kappa shape index (κ1) is 27.3. The maximum absolute atomic E-state index is 13.4. The molecular weight excluding hydrogens is 486 g/mol. The molecule has 0 aliphatic rings. The molecule has 2 heterocycles. The molecule has 0 saturated heterocycles. The van der Waals surface area contributed by atoms with Gasteiger partial charge in [-0.15, -0.1) is 0 Å². The van der Waals surface area contributed by atoms with E-state index in [0.29, 0.717) is 11.3 Å². The fourth-order valence-corrected chi connectivity index (χ4v) is 3.65. The highest BCUT2D eigenvalue weighted by Gasteiger charge is 2.31. The van der Waals surface area contributed by atoms with Gasteiger partial charge in [-0.05, 0) is 11.6 Å². The molecule has 3 rings (SSSR count). The van der Waals surface area contributed by atoms with Crippen molar-refractivity contribution in [3.05, 3.63) is 54.2 Å². The molecule has 1 aromatic carbocycles. The molecule has 3 aromatic rings. The maximum atomic E-state index is 13.4. The molecule has 0 bridgehead atoms. The summed E-state index contributed by atoms with van der Waals surface area (Å²) in [7, 11) is 0. The van der Waals surface area contributed by atoms with Crippen molar-refractivity contribution in [1.82, 2.24) is 30.9 Å². The number of aromatic nitrogens is 3. The highest BCUT2D eigenvalue weighted by Crippen LogP contribution is 2.19. The van der Waals surface area contributed by atoms with E-state index in [1.807, 2.05) is 24.3 Å². The van der Waals surface area contributed by atoms with E-state index in [0.717, 1.165) is 10.9 Å². The number of nitrogens with one attached hydrogen (secondary N) is 5. The van der Waals surface area contributed by atoms with E-state index in [1.165, 1.54) is 12.5 Å². The number of carboxylic acid groups (broad SMARTS) is 1. The number of para-hydroxylation sites is 1. The molecule has 37 heavy (non-hydrogen) atoms. The van der Waals surface area contributed by atoms with E-state index in [-0.39, 0.29) is 12.8 Å². The third-order valence-corrected chi connectivity index (χ3v) is 5.67. The lowest BCUT2D eigenvalue weighted by Gasteiger charge is -2.24. The van der Waals surface area contributed by atoms with Gasteiger partial charge in [-0.1, -0.05) is 18.2 Å². The third kappa shape index (κ3) is 7.13. The van der Waals surface area contributed by atoms with Gasteiger partial charge in [0.1, 0.15) is 24.2 Å². The van der Waals surface area contributed by atoms with E-state index in [1.54, 1.807) is 6.20 Å².